The quantitative estimate of drug-likeness (QED) is 0.125. The smallest absolute Gasteiger partial charge is 0.330 e. The number of aliphatic imine (C=N–C) groups is 2. The number of thioether (sulfide) groups is 4. The molecule has 12 heteroatoms. The van der Waals surface area contributed by atoms with Crippen LogP contribution < -0.4 is 9.47 Å². The molecular weight excluding hydrogens is 697 g/mol. The number of esters is 2. The topological polar surface area (TPSA) is 95.8 Å². The fourth-order valence-corrected chi connectivity index (χ4v) is 9.39. The van der Waals surface area contributed by atoms with Crippen molar-refractivity contribution in [3.8, 4) is 11.5 Å². The molecule has 4 rings (SSSR count). The van der Waals surface area contributed by atoms with Crippen molar-refractivity contribution in [2.24, 2.45) is 9.98 Å². The first-order valence-corrected chi connectivity index (χ1v) is 20.1. The first-order chi connectivity index (χ1) is 23.4. The zero-order chi connectivity index (χ0) is 35.6. The van der Waals surface area contributed by atoms with Crippen LogP contribution in [0.3, 0.4) is 0 Å². The van der Waals surface area contributed by atoms with Gasteiger partial charge < -0.3 is 18.9 Å². The Bertz CT molecular complexity index is 1440. The van der Waals surface area contributed by atoms with Crippen LogP contribution in [0.25, 0.3) is 0 Å². The van der Waals surface area contributed by atoms with Crippen LogP contribution in [0.15, 0.2) is 59.6 Å². The lowest BCUT2D eigenvalue weighted by atomic mass is 9.76. The average Bonchev–Trinajstić information content (AvgIpc) is 3.79. The van der Waals surface area contributed by atoms with E-state index in [1.807, 2.05) is 27.7 Å². The van der Waals surface area contributed by atoms with Gasteiger partial charge in [0.2, 0.25) is 0 Å². The van der Waals surface area contributed by atoms with Crippen molar-refractivity contribution in [1.29, 1.82) is 0 Å². The number of nitrogens with zero attached hydrogens (tertiary/aromatic N) is 2. The van der Waals surface area contributed by atoms with Crippen molar-refractivity contribution in [2.75, 3.05) is 49.3 Å². The molecule has 2 aromatic rings. The molecule has 2 aliphatic heterocycles. The largest absolute Gasteiger partial charge is 0.489 e. The Morgan fingerprint density at radius 2 is 1.12 bits per heavy atom. The fraction of sp³-hybridized carbons (Fsp3) is 0.459. The first-order valence-electron chi connectivity index (χ1n) is 16.2. The summed E-state index contributed by atoms with van der Waals surface area (Å²) in [5, 5.41) is 0. The molecule has 0 N–H and O–H groups in total. The predicted molar refractivity (Wildman–Crippen MR) is 210 cm³/mol. The summed E-state index contributed by atoms with van der Waals surface area (Å²) in [6, 6.07) is 8.68. The Morgan fingerprint density at radius 3 is 1.43 bits per heavy atom. The Hall–Kier alpha value is -2.80. The van der Waals surface area contributed by atoms with Crippen LogP contribution in [0, 0.1) is 27.7 Å². The summed E-state index contributed by atoms with van der Waals surface area (Å²) in [5.74, 6) is 3.73. The van der Waals surface area contributed by atoms with Crippen molar-refractivity contribution < 1.29 is 28.5 Å². The number of hydrogen-bond acceptors (Lipinski definition) is 12. The molecule has 2 heterocycles. The minimum atomic E-state index is -0.466. The van der Waals surface area contributed by atoms with Crippen LogP contribution in [0.4, 0.5) is 0 Å². The summed E-state index contributed by atoms with van der Waals surface area (Å²) < 4.78 is 25.9. The van der Waals surface area contributed by atoms with E-state index in [1.165, 1.54) is 12.2 Å². The van der Waals surface area contributed by atoms with Gasteiger partial charge in [0.25, 0.3) is 0 Å². The van der Waals surface area contributed by atoms with Gasteiger partial charge in [-0.2, -0.15) is 0 Å². The minimum absolute atomic E-state index is 0.231. The molecule has 0 spiro atoms. The molecule has 0 fully saturated rings. The molecule has 2 unspecified atom stereocenters. The highest BCUT2D eigenvalue weighted by Gasteiger charge is 2.27. The number of carbonyl (C=O) groups excluding carboxylic acids is 2. The van der Waals surface area contributed by atoms with Gasteiger partial charge in [0.1, 0.15) is 45.7 Å². The van der Waals surface area contributed by atoms with Crippen LogP contribution in [-0.2, 0) is 24.5 Å². The lowest BCUT2D eigenvalue weighted by Crippen LogP contribution is -2.28. The number of rotatable bonds is 16. The second-order valence-electron chi connectivity index (χ2n) is 12.3. The molecule has 264 valence electrons. The van der Waals surface area contributed by atoms with E-state index in [9.17, 15) is 9.59 Å². The highest BCUT2D eigenvalue weighted by Crippen LogP contribution is 2.39. The van der Waals surface area contributed by atoms with E-state index in [0.717, 1.165) is 78.2 Å². The molecule has 0 saturated heterocycles. The second kappa shape index (κ2) is 18.4. The normalized spacial score (nSPS) is 15.6. The molecule has 0 aromatic heterocycles. The van der Waals surface area contributed by atoms with Crippen LogP contribution in [0.2, 0.25) is 0 Å². The van der Waals surface area contributed by atoms with Crippen LogP contribution >= 0.6 is 47.0 Å². The van der Waals surface area contributed by atoms with Gasteiger partial charge >= 0.3 is 11.9 Å². The van der Waals surface area contributed by atoms with E-state index in [4.69, 9.17) is 18.9 Å². The van der Waals surface area contributed by atoms with E-state index >= 15 is 0 Å². The van der Waals surface area contributed by atoms with E-state index in [-0.39, 0.29) is 18.6 Å². The Kier molecular flexibility index (Phi) is 14.7. The maximum absolute atomic E-state index is 12.0. The summed E-state index contributed by atoms with van der Waals surface area (Å²) in [4.78, 5) is 33.0. The molecule has 0 aliphatic carbocycles. The van der Waals surface area contributed by atoms with E-state index < -0.39 is 24.1 Å². The molecule has 0 radical (unpaired) electrons. The van der Waals surface area contributed by atoms with Crippen molar-refractivity contribution in [3.05, 3.63) is 83.0 Å². The lowest BCUT2D eigenvalue weighted by molar-refractivity contribution is -0.144. The third kappa shape index (κ3) is 11.1. The van der Waals surface area contributed by atoms with Gasteiger partial charge in [-0.3, -0.25) is 9.98 Å². The monoisotopic (exact) mass is 742 g/mol. The minimum Gasteiger partial charge on any atom is -0.489 e. The fourth-order valence-electron chi connectivity index (χ4n) is 5.39. The van der Waals surface area contributed by atoms with Crippen molar-refractivity contribution in [2.45, 2.75) is 59.2 Å². The Morgan fingerprint density at radius 1 is 0.755 bits per heavy atom. The average molecular weight is 743 g/mol. The first kappa shape index (κ1) is 39.0. The zero-order valence-corrected chi connectivity index (χ0v) is 32.4. The van der Waals surface area contributed by atoms with Gasteiger partial charge in [-0.25, -0.2) is 9.59 Å². The number of carbonyl (C=O) groups is 2. The van der Waals surface area contributed by atoms with Gasteiger partial charge in [-0.05, 0) is 61.1 Å². The lowest BCUT2D eigenvalue weighted by Gasteiger charge is -2.29. The van der Waals surface area contributed by atoms with E-state index in [0.29, 0.717) is 11.5 Å². The number of benzene rings is 2. The molecule has 2 aliphatic rings. The summed E-state index contributed by atoms with van der Waals surface area (Å²) in [6.07, 6.45) is 1.48. The number of aryl methyl sites for hydroxylation is 4. The summed E-state index contributed by atoms with van der Waals surface area (Å²) in [6.45, 7) is 21.8. The van der Waals surface area contributed by atoms with E-state index in [1.54, 1.807) is 47.0 Å². The summed E-state index contributed by atoms with van der Waals surface area (Å²) in [5.41, 5.74) is 6.03. The maximum Gasteiger partial charge on any atom is 0.330 e. The zero-order valence-electron chi connectivity index (χ0n) is 29.2. The molecule has 8 nitrogen and oxygen atoms in total. The van der Waals surface area contributed by atoms with Crippen LogP contribution in [-0.4, -0.2) is 82.2 Å². The predicted octanol–water partition coefficient (Wildman–Crippen LogP) is 7.87. The van der Waals surface area contributed by atoms with Gasteiger partial charge in [-0.15, -0.1) is 0 Å². The third-order valence-corrected chi connectivity index (χ3v) is 12.8. The Balaban J connectivity index is 1.46. The van der Waals surface area contributed by atoms with E-state index in [2.05, 4.69) is 61.3 Å². The molecule has 0 amide bonds. The summed E-state index contributed by atoms with van der Waals surface area (Å²) >= 11 is 6.63. The number of hydrogen-bond donors (Lipinski definition) is 0. The molecular formula is C37H46N2O6S4. The Labute approximate surface area is 307 Å². The highest BCUT2D eigenvalue weighted by molar-refractivity contribution is 8.39. The molecule has 2 aromatic carbocycles. The van der Waals surface area contributed by atoms with Gasteiger partial charge in [0.15, 0.2) is 0 Å². The summed E-state index contributed by atoms with van der Waals surface area (Å²) in [7, 11) is 0. The number of ether oxygens (including phenoxy) is 4. The molecule has 0 bridgehead atoms. The third-order valence-electron chi connectivity index (χ3n) is 7.99. The highest BCUT2D eigenvalue weighted by atomic mass is 32.2. The van der Waals surface area contributed by atoms with Gasteiger partial charge in [-0.1, -0.05) is 98.3 Å². The van der Waals surface area contributed by atoms with Crippen LogP contribution in [0.1, 0.15) is 47.2 Å². The van der Waals surface area contributed by atoms with Crippen LogP contribution in [0.5, 0.6) is 11.5 Å². The van der Waals surface area contributed by atoms with Gasteiger partial charge in [0, 0.05) is 40.6 Å². The maximum atomic E-state index is 12.0. The molecule has 2 atom stereocenters. The molecule has 49 heavy (non-hydrogen) atoms. The second-order valence-corrected chi connectivity index (χ2v) is 17.0. The standard InChI is InChI=1S/C37H46N2O6S4/c1-9-31(40)44-29(21-48-35-38-11-13-46-35)19-42-33-23(3)15-27(16-24(33)4)37(7,8)28-17-25(5)34(26(6)18-28)43-20-30(45-32(41)10-2)22-49-36-39-12-14-47-36/h9-10,15-18,29-30H,1-2,11-14,19-22H2,3-8H3. The van der Waals surface area contributed by atoms with Gasteiger partial charge in [0.05, 0.1) is 13.1 Å². The van der Waals surface area contributed by atoms with Crippen molar-refractivity contribution in [1.82, 2.24) is 0 Å². The SMILES string of the molecule is C=CC(=O)OC(COc1c(C)cc(C(C)(C)c2cc(C)c(OCC(CSC3=NCCS3)OC(=O)C=C)c(C)c2)cc1C)CSC1=NCCS1. The van der Waals surface area contributed by atoms with Crippen molar-refractivity contribution >= 4 is 67.7 Å². The molecule has 0 saturated carbocycles. The van der Waals surface area contributed by atoms with Crippen molar-refractivity contribution in [3.63, 3.8) is 0 Å².